The Morgan fingerprint density at radius 3 is 2.29 bits per heavy atom. The van der Waals surface area contributed by atoms with E-state index in [2.05, 4.69) is 10.3 Å². The van der Waals surface area contributed by atoms with Crippen molar-refractivity contribution >= 4 is 32.7 Å². The molecule has 0 spiro atoms. The molecule has 0 saturated carbocycles. The van der Waals surface area contributed by atoms with Crippen molar-refractivity contribution in [2.45, 2.75) is 31.1 Å². The summed E-state index contributed by atoms with van der Waals surface area (Å²) in [6, 6.07) is 17.5. The van der Waals surface area contributed by atoms with Crippen LogP contribution in [0, 0.1) is 11.3 Å². The summed E-state index contributed by atoms with van der Waals surface area (Å²) >= 11 is 0. The van der Waals surface area contributed by atoms with Crippen LogP contribution in [0.3, 0.4) is 0 Å². The number of benzene rings is 3. The Morgan fingerprint density at radius 1 is 1.08 bits per heavy atom. The first kappa shape index (κ1) is 26.8. The van der Waals surface area contributed by atoms with Gasteiger partial charge in [0.15, 0.2) is 9.84 Å². The number of aliphatic hydroxyl groups excluding tert-OH is 2. The number of nitrogens with zero attached hydrogens (tertiary/aromatic N) is 3. The topological polar surface area (TPSA) is 155 Å². The number of aryl methyl sites for hydroxylation is 1. The van der Waals surface area contributed by atoms with Crippen molar-refractivity contribution in [2.75, 3.05) is 11.1 Å². The molecule has 1 heterocycles. The minimum Gasteiger partial charge on any atom is -0.476 e. The third-order valence-electron chi connectivity index (χ3n) is 6.18. The lowest BCUT2D eigenvalue weighted by molar-refractivity contribution is -0.123. The fourth-order valence-electron chi connectivity index (χ4n) is 3.94. The van der Waals surface area contributed by atoms with E-state index in [0.717, 1.165) is 0 Å². The lowest BCUT2D eigenvalue weighted by Crippen LogP contribution is -2.27. The lowest BCUT2D eigenvalue weighted by Gasteiger charge is -2.19. The van der Waals surface area contributed by atoms with Crippen LogP contribution >= 0.6 is 0 Å². The average molecular weight is 535 g/mol. The van der Waals surface area contributed by atoms with Crippen molar-refractivity contribution in [2.24, 2.45) is 7.05 Å². The number of hydrogen-bond donors (Lipinski definition) is 3. The summed E-state index contributed by atoms with van der Waals surface area (Å²) in [6.07, 6.45) is -1.18. The second-order valence-corrected chi connectivity index (χ2v) is 10.8. The molecule has 0 bridgehead atoms. The standard InChI is InChI=1S/C27H26N4O6S/c1-3-38(35,36)22-10-6-18(7-11-22)25(37-21-8-4-17(14-28)5-9-21)26(34)30-27-29-23-12-19(15-32)20(16-33)13-24(23)31(27)2/h4-13,25,32-33H,3,15-16H2,1-2H3,(H,29,30,34). The molecule has 1 unspecified atom stereocenters. The van der Waals surface area contributed by atoms with Gasteiger partial charge in [0.1, 0.15) is 5.75 Å². The fraction of sp³-hybridized carbons (Fsp3) is 0.222. The summed E-state index contributed by atoms with van der Waals surface area (Å²) in [6.45, 7) is 1.02. The van der Waals surface area contributed by atoms with Gasteiger partial charge in [-0.05, 0) is 59.7 Å². The van der Waals surface area contributed by atoms with Crippen molar-refractivity contribution in [1.82, 2.24) is 9.55 Å². The molecule has 38 heavy (non-hydrogen) atoms. The van der Waals surface area contributed by atoms with Crippen molar-refractivity contribution < 1.29 is 28.2 Å². The zero-order chi connectivity index (χ0) is 27.4. The quantitative estimate of drug-likeness (QED) is 0.296. The molecule has 1 amide bonds. The number of nitriles is 1. The van der Waals surface area contributed by atoms with Gasteiger partial charge in [0.05, 0.1) is 46.5 Å². The monoisotopic (exact) mass is 534 g/mol. The van der Waals surface area contributed by atoms with E-state index >= 15 is 0 Å². The van der Waals surface area contributed by atoms with Crippen molar-refractivity contribution in [1.29, 1.82) is 5.26 Å². The van der Waals surface area contributed by atoms with Gasteiger partial charge in [0.2, 0.25) is 12.1 Å². The molecule has 0 fully saturated rings. The first-order valence-electron chi connectivity index (χ1n) is 11.7. The van der Waals surface area contributed by atoms with Crippen LogP contribution in [0.4, 0.5) is 5.95 Å². The van der Waals surface area contributed by atoms with Crippen LogP contribution in [0.1, 0.15) is 35.3 Å². The number of rotatable bonds is 9. The van der Waals surface area contributed by atoms with Gasteiger partial charge in [-0.25, -0.2) is 13.4 Å². The molecule has 0 saturated heterocycles. The van der Waals surface area contributed by atoms with Gasteiger partial charge in [-0.1, -0.05) is 19.1 Å². The molecule has 10 nitrogen and oxygen atoms in total. The molecular formula is C27H26N4O6S. The number of amides is 1. The Labute approximate surface area is 219 Å². The number of anilines is 1. The van der Waals surface area contributed by atoms with Crippen LogP contribution < -0.4 is 10.1 Å². The molecule has 0 aliphatic heterocycles. The van der Waals surface area contributed by atoms with E-state index in [-0.39, 0.29) is 29.8 Å². The van der Waals surface area contributed by atoms with Gasteiger partial charge in [-0.3, -0.25) is 10.1 Å². The minimum atomic E-state index is -3.43. The molecule has 4 aromatic rings. The highest BCUT2D eigenvalue weighted by Gasteiger charge is 2.26. The van der Waals surface area contributed by atoms with E-state index < -0.39 is 21.8 Å². The number of ether oxygens (including phenoxy) is 1. The molecular weight excluding hydrogens is 508 g/mol. The predicted octanol–water partition coefficient (Wildman–Crippen LogP) is 2.98. The van der Waals surface area contributed by atoms with Crippen LogP contribution in [0.25, 0.3) is 11.0 Å². The zero-order valence-electron chi connectivity index (χ0n) is 20.7. The normalized spacial score (nSPS) is 12.2. The van der Waals surface area contributed by atoms with Crippen LogP contribution in [-0.2, 0) is 34.9 Å². The third-order valence-corrected chi connectivity index (χ3v) is 7.93. The lowest BCUT2D eigenvalue weighted by atomic mass is 10.1. The van der Waals surface area contributed by atoms with Crippen molar-refractivity contribution in [3.05, 3.63) is 82.9 Å². The Hall–Kier alpha value is -4.24. The smallest absolute Gasteiger partial charge is 0.272 e. The fourth-order valence-corrected chi connectivity index (χ4v) is 4.82. The number of aromatic nitrogens is 2. The van der Waals surface area contributed by atoms with Crippen molar-refractivity contribution in [3.63, 3.8) is 0 Å². The SMILES string of the molecule is CCS(=O)(=O)c1ccc(C(Oc2ccc(C#N)cc2)C(=O)Nc2nc3cc(CO)c(CO)cc3n2C)cc1. The molecule has 4 rings (SSSR count). The van der Waals surface area contributed by atoms with Gasteiger partial charge >= 0.3 is 0 Å². The molecule has 11 heteroatoms. The van der Waals surface area contributed by atoms with Crippen LogP contribution in [0.15, 0.2) is 65.6 Å². The first-order valence-corrected chi connectivity index (χ1v) is 13.4. The van der Waals surface area contributed by atoms with E-state index in [1.165, 1.54) is 24.3 Å². The Balaban J connectivity index is 1.70. The zero-order valence-corrected chi connectivity index (χ0v) is 21.6. The summed E-state index contributed by atoms with van der Waals surface area (Å²) in [5, 5.41) is 31.1. The van der Waals surface area contributed by atoms with Gasteiger partial charge in [-0.2, -0.15) is 5.26 Å². The van der Waals surface area contributed by atoms with E-state index in [4.69, 9.17) is 10.00 Å². The maximum Gasteiger partial charge on any atom is 0.272 e. The van der Waals surface area contributed by atoms with Crippen LogP contribution in [0.2, 0.25) is 0 Å². The Kier molecular flexibility index (Phi) is 7.78. The summed E-state index contributed by atoms with van der Waals surface area (Å²) in [4.78, 5) is 18.1. The Morgan fingerprint density at radius 2 is 1.71 bits per heavy atom. The molecule has 0 radical (unpaired) electrons. The number of carbonyl (C=O) groups is 1. The third kappa shape index (κ3) is 5.38. The van der Waals surface area contributed by atoms with Crippen molar-refractivity contribution in [3.8, 4) is 11.8 Å². The number of carbonyl (C=O) groups excluding carboxylic acids is 1. The second-order valence-electron chi connectivity index (χ2n) is 8.52. The molecule has 3 aromatic carbocycles. The van der Waals surface area contributed by atoms with Crippen LogP contribution in [-0.4, -0.2) is 39.8 Å². The maximum atomic E-state index is 13.5. The molecule has 3 N–H and O–H groups in total. The number of fused-ring (bicyclic) bond motifs is 1. The number of aliphatic hydroxyl groups is 2. The van der Waals surface area contributed by atoms with Gasteiger partial charge in [-0.15, -0.1) is 0 Å². The van der Waals surface area contributed by atoms with Gasteiger partial charge in [0, 0.05) is 12.6 Å². The van der Waals surface area contributed by atoms with E-state index in [0.29, 0.717) is 39.0 Å². The molecule has 196 valence electrons. The number of hydrogen-bond acceptors (Lipinski definition) is 8. The minimum absolute atomic E-state index is 0.0548. The average Bonchev–Trinajstić information content (AvgIpc) is 3.24. The predicted molar refractivity (Wildman–Crippen MR) is 140 cm³/mol. The van der Waals surface area contributed by atoms with Crippen LogP contribution in [0.5, 0.6) is 5.75 Å². The summed E-state index contributed by atoms with van der Waals surface area (Å²) in [7, 11) is -1.73. The number of sulfone groups is 1. The highest BCUT2D eigenvalue weighted by atomic mass is 32.2. The Bertz CT molecular complexity index is 1620. The molecule has 1 atom stereocenters. The van der Waals surface area contributed by atoms with Gasteiger partial charge < -0.3 is 19.5 Å². The van der Waals surface area contributed by atoms with E-state index in [9.17, 15) is 23.4 Å². The highest BCUT2D eigenvalue weighted by Crippen LogP contribution is 2.27. The maximum absolute atomic E-state index is 13.5. The largest absolute Gasteiger partial charge is 0.476 e. The molecule has 1 aromatic heterocycles. The van der Waals surface area contributed by atoms with E-state index in [1.807, 2.05) is 6.07 Å². The highest BCUT2D eigenvalue weighted by molar-refractivity contribution is 7.91. The van der Waals surface area contributed by atoms with E-state index in [1.54, 1.807) is 54.9 Å². The molecule has 0 aliphatic rings. The molecule has 0 aliphatic carbocycles. The first-order chi connectivity index (χ1) is 18.2. The summed E-state index contributed by atoms with van der Waals surface area (Å²) in [5.41, 5.74) is 3.07. The second kappa shape index (κ2) is 11.0. The number of nitrogens with one attached hydrogen (secondary N) is 1. The number of imidazole rings is 1. The van der Waals surface area contributed by atoms with Gasteiger partial charge in [0.25, 0.3) is 5.91 Å². The summed E-state index contributed by atoms with van der Waals surface area (Å²) in [5.74, 6) is -0.0773. The summed E-state index contributed by atoms with van der Waals surface area (Å²) < 4.78 is 32.1.